The highest BCUT2D eigenvalue weighted by Gasteiger charge is 2.18. The van der Waals surface area contributed by atoms with Gasteiger partial charge in [0.15, 0.2) is 0 Å². The van der Waals surface area contributed by atoms with Crippen LogP contribution in [0.4, 0.5) is 4.79 Å². The van der Waals surface area contributed by atoms with Crippen molar-refractivity contribution < 1.29 is 4.79 Å². The van der Waals surface area contributed by atoms with Gasteiger partial charge in [-0.05, 0) is 25.5 Å². The zero-order valence-electron chi connectivity index (χ0n) is 9.83. The molecular formula is C12H17ClN2O. The first-order chi connectivity index (χ1) is 7.57. The van der Waals surface area contributed by atoms with Gasteiger partial charge in [0.05, 0.1) is 6.04 Å². The van der Waals surface area contributed by atoms with Crippen molar-refractivity contribution >= 4 is 17.6 Å². The van der Waals surface area contributed by atoms with Crippen molar-refractivity contribution in [3.8, 4) is 0 Å². The van der Waals surface area contributed by atoms with Crippen LogP contribution in [0.5, 0.6) is 0 Å². The summed E-state index contributed by atoms with van der Waals surface area (Å²) >= 11 is 6.09. The summed E-state index contributed by atoms with van der Waals surface area (Å²) in [5.74, 6) is 0. The summed E-state index contributed by atoms with van der Waals surface area (Å²) < 4.78 is 0. The first kappa shape index (κ1) is 12.8. The molecule has 0 aliphatic carbocycles. The number of nitrogens with zero attached hydrogens (tertiary/aromatic N) is 1. The monoisotopic (exact) mass is 240 g/mol. The summed E-state index contributed by atoms with van der Waals surface area (Å²) in [6.07, 6.45) is 0. The third-order valence-corrected chi connectivity index (χ3v) is 2.93. The highest BCUT2D eigenvalue weighted by Crippen LogP contribution is 2.25. The number of halogens is 1. The van der Waals surface area contributed by atoms with Crippen LogP contribution in [0, 0.1) is 0 Å². The Labute approximate surface area is 101 Å². The molecule has 0 bridgehead atoms. The molecule has 0 aromatic heterocycles. The molecule has 0 radical (unpaired) electrons. The number of hydrogen-bond acceptors (Lipinski definition) is 1. The minimum atomic E-state index is -0.0880. The lowest BCUT2D eigenvalue weighted by atomic mass is 10.1. The van der Waals surface area contributed by atoms with E-state index in [0.717, 1.165) is 5.56 Å². The Bertz CT molecular complexity index is 368. The highest BCUT2D eigenvalue weighted by molar-refractivity contribution is 6.31. The summed E-state index contributed by atoms with van der Waals surface area (Å²) in [5.41, 5.74) is 0.956. The Balaban J connectivity index is 2.82. The largest absolute Gasteiger partial charge is 0.338 e. The fraction of sp³-hybridized carbons (Fsp3) is 0.417. The van der Waals surface area contributed by atoms with Gasteiger partial charge >= 0.3 is 6.03 Å². The van der Waals surface area contributed by atoms with Gasteiger partial charge in [-0.2, -0.15) is 0 Å². The van der Waals surface area contributed by atoms with Crippen LogP contribution in [0.3, 0.4) is 0 Å². The fourth-order valence-electron chi connectivity index (χ4n) is 1.47. The second-order valence-corrected chi connectivity index (χ2v) is 4.05. The van der Waals surface area contributed by atoms with Crippen LogP contribution in [-0.4, -0.2) is 24.5 Å². The van der Waals surface area contributed by atoms with Crippen molar-refractivity contribution in [2.24, 2.45) is 0 Å². The topological polar surface area (TPSA) is 32.3 Å². The molecule has 16 heavy (non-hydrogen) atoms. The van der Waals surface area contributed by atoms with Gasteiger partial charge in [0.25, 0.3) is 0 Å². The molecule has 1 atom stereocenters. The molecule has 0 heterocycles. The van der Waals surface area contributed by atoms with E-state index in [1.807, 2.05) is 38.1 Å². The van der Waals surface area contributed by atoms with E-state index in [0.29, 0.717) is 11.6 Å². The zero-order valence-corrected chi connectivity index (χ0v) is 10.6. The van der Waals surface area contributed by atoms with Gasteiger partial charge in [0.2, 0.25) is 0 Å². The smallest absolute Gasteiger partial charge is 0.317 e. The average molecular weight is 241 g/mol. The van der Waals surface area contributed by atoms with Crippen molar-refractivity contribution in [1.82, 2.24) is 10.2 Å². The number of urea groups is 1. The minimum Gasteiger partial charge on any atom is -0.338 e. The maximum atomic E-state index is 11.6. The molecule has 1 aromatic carbocycles. The Morgan fingerprint density at radius 2 is 2.12 bits per heavy atom. The number of amides is 2. The number of carbonyl (C=O) groups is 1. The van der Waals surface area contributed by atoms with Gasteiger partial charge in [0.1, 0.15) is 0 Å². The van der Waals surface area contributed by atoms with E-state index < -0.39 is 0 Å². The molecular weight excluding hydrogens is 224 g/mol. The van der Waals surface area contributed by atoms with E-state index in [1.165, 1.54) is 0 Å². The van der Waals surface area contributed by atoms with Crippen LogP contribution in [0.25, 0.3) is 0 Å². The molecule has 0 fully saturated rings. The first-order valence-corrected chi connectivity index (χ1v) is 5.70. The van der Waals surface area contributed by atoms with Crippen molar-refractivity contribution in [2.75, 3.05) is 13.6 Å². The van der Waals surface area contributed by atoms with Gasteiger partial charge in [-0.25, -0.2) is 4.79 Å². The predicted octanol–water partition coefficient (Wildman–Crippen LogP) is 3.06. The van der Waals surface area contributed by atoms with E-state index >= 15 is 0 Å². The van der Waals surface area contributed by atoms with Gasteiger partial charge < -0.3 is 10.2 Å². The summed E-state index contributed by atoms with van der Waals surface area (Å²) in [6.45, 7) is 4.47. The van der Waals surface area contributed by atoms with Gasteiger partial charge in [-0.1, -0.05) is 29.8 Å². The predicted molar refractivity (Wildman–Crippen MR) is 66.7 cm³/mol. The van der Waals surface area contributed by atoms with Crippen LogP contribution in [-0.2, 0) is 0 Å². The van der Waals surface area contributed by atoms with Crippen LogP contribution in [0.15, 0.2) is 24.3 Å². The summed E-state index contributed by atoms with van der Waals surface area (Å²) in [5, 5.41) is 3.45. The molecule has 2 amide bonds. The molecule has 3 nitrogen and oxygen atoms in total. The Hall–Kier alpha value is -1.22. The van der Waals surface area contributed by atoms with Crippen molar-refractivity contribution in [2.45, 2.75) is 19.9 Å². The van der Waals surface area contributed by atoms with Crippen molar-refractivity contribution in [3.05, 3.63) is 34.9 Å². The molecule has 1 rings (SSSR count). The number of nitrogens with one attached hydrogen (secondary N) is 1. The standard InChI is InChI=1S/C12H17ClN2O/c1-4-14-12(16)15(3)9(2)10-7-5-6-8-11(10)13/h5-9H,4H2,1-3H3,(H,14,16). The molecule has 0 saturated carbocycles. The van der Waals surface area contributed by atoms with Crippen molar-refractivity contribution in [1.29, 1.82) is 0 Å². The Morgan fingerprint density at radius 1 is 1.50 bits per heavy atom. The number of benzene rings is 1. The van der Waals surface area contributed by atoms with E-state index in [9.17, 15) is 4.79 Å². The van der Waals surface area contributed by atoms with E-state index in [2.05, 4.69) is 5.32 Å². The van der Waals surface area contributed by atoms with Crippen molar-refractivity contribution in [3.63, 3.8) is 0 Å². The SMILES string of the molecule is CCNC(=O)N(C)C(C)c1ccccc1Cl. The van der Waals surface area contributed by atoms with Crippen LogP contribution < -0.4 is 5.32 Å². The van der Waals surface area contributed by atoms with Gasteiger partial charge in [-0.15, -0.1) is 0 Å². The average Bonchev–Trinajstić information content (AvgIpc) is 2.28. The zero-order chi connectivity index (χ0) is 12.1. The lowest BCUT2D eigenvalue weighted by molar-refractivity contribution is 0.195. The number of carbonyl (C=O) groups excluding carboxylic acids is 1. The third kappa shape index (κ3) is 2.89. The minimum absolute atomic E-state index is 0.0414. The van der Waals surface area contributed by atoms with Gasteiger partial charge in [0, 0.05) is 18.6 Å². The molecule has 0 saturated heterocycles. The number of rotatable bonds is 3. The van der Waals surface area contributed by atoms with Crippen LogP contribution >= 0.6 is 11.6 Å². The number of hydrogen-bond donors (Lipinski definition) is 1. The fourth-order valence-corrected chi connectivity index (χ4v) is 1.77. The van der Waals surface area contributed by atoms with E-state index in [1.54, 1.807) is 11.9 Å². The van der Waals surface area contributed by atoms with E-state index in [4.69, 9.17) is 11.6 Å². The van der Waals surface area contributed by atoms with Gasteiger partial charge in [-0.3, -0.25) is 0 Å². The maximum Gasteiger partial charge on any atom is 0.317 e. The Morgan fingerprint density at radius 3 is 2.69 bits per heavy atom. The highest BCUT2D eigenvalue weighted by atomic mass is 35.5. The summed E-state index contributed by atoms with van der Waals surface area (Å²) in [4.78, 5) is 13.3. The lowest BCUT2D eigenvalue weighted by Gasteiger charge is -2.26. The molecule has 0 aliphatic heterocycles. The molecule has 88 valence electrons. The molecule has 0 spiro atoms. The molecule has 1 unspecified atom stereocenters. The molecule has 1 aromatic rings. The lowest BCUT2D eigenvalue weighted by Crippen LogP contribution is -2.38. The summed E-state index contributed by atoms with van der Waals surface area (Å²) in [7, 11) is 1.76. The summed E-state index contributed by atoms with van der Waals surface area (Å²) in [6, 6.07) is 7.44. The van der Waals surface area contributed by atoms with Crippen LogP contribution in [0.2, 0.25) is 5.02 Å². The Kier molecular flexibility index (Phi) is 4.62. The third-order valence-electron chi connectivity index (χ3n) is 2.58. The maximum absolute atomic E-state index is 11.6. The molecule has 0 aliphatic rings. The quantitative estimate of drug-likeness (QED) is 0.865. The first-order valence-electron chi connectivity index (χ1n) is 5.33. The molecule has 4 heteroatoms. The van der Waals surface area contributed by atoms with E-state index in [-0.39, 0.29) is 12.1 Å². The van der Waals surface area contributed by atoms with Crippen LogP contribution in [0.1, 0.15) is 25.5 Å². The normalized spacial score (nSPS) is 12.0. The second-order valence-electron chi connectivity index (χ2n) is 3.64. The second kappa shape index (κ2) is 5.75. The molecule has 1 N–H and O–H groups in total.